The number of aliphatic imine (C=N–C) groups is 1. The van der Waals surface area contributed by atoms with E-state index in [0.717, 1.165) is 46.2 Å². The van der Waals surface area contributed by atoms with Crippen LogP contribution >= 0.6 is 23.1 Å². The zero-order valence-electron chi connectivity index (χ0n) is 14.6. The Morgan fingerprint density at radius 1 is 1.44 bits per heavy atom. The van der Waals surface area contributed by atoms with Crippen LogP contribution in [-0.2, 0) is 14.3 Å². The van der Waals surface area contributed by atoms with Crippen LogP contribution in [0.5, 0.6) is 0 Å². The highest BCUT2D eigenvalue weighted by molar-refractivity contribution is 7.99. The Labute approximate surface area is 156 Å². The highest BCUT2D eigenvalue weighted by Gasteiger charge is 2.43. The number of ether oxygens (including phenoxy) is 1. The standard InChI is InChI=1S/C19H23NO3S2/c1-3-24-11-9-23-19(22)16-12(2)20-13-6-4-7-14(21)17(13)18(16)15-8-5-10-25-15/h5,8,10,16,18H,3-4,6-7,9,11H2,1-2H3/t16?,18-/m1/s1. The summed E-state index contributed by atoms with van der Waals surface area (Å²) in [7, 11) is 0. The van der Waals surface area contributed by atoms with E-state index in [4.69, 9.17) is 4.74 Å². The van der Waals surface area contributed by atoms with Crippen LogP contribution in [0.4, 0.5) is 0 Å². The van der Waals surface area contributed by atoms with E-state index in [-0.39, 0.29) is 17.7 Å². The number of rotatable bonds is 6. The third-order valence-electron chi connectivity index (χ3n) is 4.61. The van der Waals surface area contributed by atoms with Crippen molar-refractivity contribution in [2.75, 3.05) is 18.1 Å². The van der Waals surface area contributed by atoms with Crippen LogP contribution in [0, 0.1) is 5.92 Å². The average molecular weight is 378 g/mol. The first-order chi connectivity index (χ1) is 12.1. The molecule has 3 rings (SSSR count). The number of hydrogen-bond donors (Lipinski definition) is 0. The van der Waals surface area contributed by atoms with Crippen molar-refractivity contribution in [3.8, 4) is 0 Å². The van der Waals surface area contributed by atoms with Gasteiger partial charge < -0.3 is 4.74 Å². The van der Waals surface area contributed by atoms with Gasteiger partial charge in [-0.15, -0.1) is 11.3 Å². The maximum Gasteiger partial charge on any atom is 0.315 e. The summed E-state index contributed by atoms with van der Waals surface area (Å²) in [5.74, 6) is 0.931. The summed E-state index contributed by atoms with van der Waals surface area (Å²) in [6.45, 7) is 4.37. The van der Waals surface area contributed by atoms with Crippen molar-refractivity contribution in [2.24, 2.45) is 10.9 Å². The summed E-state index contributed by atoms with van der Waals surface area (Å²) >= 11 is 3.33. The molecule has 2 aliphatic rings. The molecule has 0 aromatic carbocycles. The lowest BCUT2D eigenvalue weighted by Crippen LogP contribution is -2.37. The number of allylic oxidation sites excluding steroid dienone is 2. The van der Waals surface area contributed by atoms with Crippen LogP contribution in [-0.4, -0.2) is 35.6 Å². The van der Waals surface area contributed by atoms with Gasteiger partial charge in [0.2, 0.25) is 0 Å². The van der Waals surface area contributed by atoms with E-state index in [1.165, 1.54) is 0 Å². The molecule has 0 saturated heterocycles. The number of Topliss-reactive ketones (excluding diaryl/α,β-unsaturated/α-hetero) is 1. The quantitative estimate of drug-likeness (QED) is 0.550. The predicted octanol–water partition coefficient (Wildman–Crippen LogP) is 4.23. The summed E-state index contributed by atoms with van der Waals surface area (Å²) in [4.78, 5) is 31.1. The molecule has 4 nitrogen and oxygen atoms in total. The molecule has 0 saturated carbocycles. The highest BCUT2D eigenvalue weighted by atomic mass is 32.2. The van der Waals surface area contributed by atoms with Crippen LogP contribution in [0.1, 0.15) is 43.9 Å². The summed E-state index contributed by atoms with van der Waals surface area (Å²) < 4.78 is 5.53. The number of carbonyl (C=O) groups is 2. The van der Waals surface area contributed by atoms with E-state index < -0.39 is 5.92 Å². The van der Waals surface area contributed by atoms with E-state index in [1.807, 2.05) is 24.4 Å². The van der Waals surface area contributed by atoms with Gasteiger partial charge in [0.15, 0.2) is 5.78 Å². The first-order valence-electron chi connectivity index (χ1n) is 8.72. The fraction of sp³-hybridized carbons (Fsp3) is 0.526. The third-order valence-corrected chi connectivity index (χ3v) is 6.43. The van der Waals surface area contributed by atoms with Crippen molar-refractivity contribution in [3.05, 3.63) is 33.7 Å². The Kier molecular flexibility index (Phi) is 6.12. The fourth-order valence-electron chi connectivity index (χ4n) is 3.52. The lowest BCUT2D eigenvalue weighted by Gasteiger charge is -2.33. The fourth-order valence-corrected chi connectivity index (χ4v) is 4.88. The molecule has 0 amide bonds. The first-order valence-corrected chi connectivity index (χ1v) is 10.8. The van der Waals surface area contributed by atoms with Crippen LogP contribution in [0.2, 0.25) is 0 Å². The van der Waals surface area contributed by atoms with Crippen molar-refractivity contribution in [1.82, 2.24) is 0 Å². The van der Waals surface area contributed by atoms with Crippen molar-refractivity contribution >= 4 is 40.6 Å². The number of thioether (sulfide) groups is 1. The lowest BCUT2D eigenvalue weighted by molar-refractivity contribution is -0.145. The second-order valence-electron chi connectivity index (χ2n) is 6.23. The van der Waals surface area contributed by atoms with Crippen LogP contribution in [0.15, 0.2) is 33.8 Å². The van der Waals surface area contributed by atoms with Gasteiger partial charge in [0.1, 0.15) is 12.5 Å². The molecule has 0 fully saturated rings. The van der Waals surface area contributed by atoms with Gasteiger partial charge in [0, 0.05) is 40.0 Å². The molecule has 0 spiro atoms. The second kappa shape index (κ2) is 8.32. The minimum Gasteiger partial charge on any atom is -0.464 e. The normalized spacial score (nSPS) is 23.3. The van der Waals surface area contributed by atoms with E-state index in [2.05, 4.69) is 11.9 Å². The SMILES string of the molecule is CCSCCOC(=O)C1C(C)=NC2=C(C(=O)CCC2)[C@@H]1c1cccs1. The van der Waals surface area contributed by atoms with Gasteiger partial charge in [-0.25, -0.2) is 0 Å². The maximum atomic E-state index is 12.8. The monoisotopic (exact) mass is 377 g/mol. The average Bonchev–Trinajstić information content (AvgIpc) is 3.12. The Morgan fingerprint density at radius 2 is 2.28 bits per heavy atom. The minimum absolute atomic E-state index is 0.134. The largest absolute Gasteiger partial charge is 0.464 e. The van der Waals surface area contributed by atoms with E-state index >= 15 is 0 Å². The summed E-state index contributed by atoms with van der Waals surface area (Å²) in [6, 6.07) is 3.97. The first kappa shape index (κ1) is 18.4. The molecule has 2 atom stereocenters. The predicted molar refractivity (Wildman–Crippen MR) is 104 cm³/mol. The van der Waals surface area contributed by atoms with Crippen LogP contribution < -0.4 is 0 Å². The van der Waals surface area contributed by atoms with Gasteiger partial charge in [-0.3, -0.25) is 14.6 Å². The molecule has 1 aliphatic heterocycles. The molecule has 0 bridgehead atoms. The topological polar surface area (TPSA) is 55.7 Å². The minimum atomic E-state index is -0.494. The molecule has 25 heavy (non-hydrogen) atoms. The van der Waals surface area contributed by atoms with E-state index in [0.29, 0.717) is 13.0 Å². The number of hydrogen-bond acceptors (Lipinski definition) is 6. The van der Waals surface area contributed by atoms with Crippen molar-refractivity contribution in [1.29, 1.82) is 0 Å². The third kappa shape index (κ3) is 3.90. The molecule has 1 unspecified atom stereocenters. The number of nitrogens with zero attached hydrogens (tertiary/aromatic N) is 1. The molecule has 2 heterocycles. The lowest BCUT2D eigenvalue weighted by atomic mass is 9.74. The van der Waals surface area contributed by atoms with E-state index in [1.54, 1.807) is 23.1 Å². The molecule has 1 aromatic rings. The van der Waals surface area contributed by atoms with Gasteiger partial charge in [-0.1, -0.05) is 13.0 Å². The van der Waals surface area contributed by atoms with E-state index in [9.17, 15) is 9.59 Å². The van der Waals surface area contributed by atoms with Crippen molar-refractivity contribution < 1.29 is 14.3 Å². The van der Waals surface area contributed by atoms with Crippen LogP contribution in [0.25, 0.3) is 0 Å². The van der Waals surface area contributed by atoms with Crippen molar-refractivity contribution in [3.63, 3.8) is 0 Å². The highest BCUT2D eigenvalue weighted by Crippen LogP contribution is 2.44. The van der Waals surface area contributed by atoms with Gasteiger partial charge in [-0.05, 0) is 37.0 Å². The van der Waals surface area contributed by atoms with Gasteiger partial charge in [0.05, 0.1) is 0 Å². The molecular weight excluding hydrogens is 354 g/mol. The Hall–Kier alpha value is -1.40. The summed E-state index contributed by atoms with van der Waals surface area (Å²) in [6.07, 6.45) is 2.20. The van der Waals surface area contributed by atoms with Gasteiger partial charge in [0.25, 0.3) is 0 Å². The zero-order chi connectivity index (χ0) is 17.8. The van der Waals surface area contributed by atoms with Crippen molar-refractivity contribution in [2.45, 2.75) is 39.0 Å². The second-order valence-corrected chi connectivity index (χ2v) is 8.60. The molecule has 6 heteroatoms. The number of esters is 1. The smallest absolute Gasteiger partial charge is 0.315 e. The summed E-state index contributed by atoms with van der Waals surface area (Å²) in [5, 5.41) is 1.99. The number of carbonyl (C=O) groups excluding carboxylic acids is 2. The molecule has 0 radical (unpaired) electrons. The maximum absolute atomic E-state index is 12.8. The molecule has 1 aliphatic carbocycles. The Morgan fingerprint density at radius 3 is 3.00 bits per heavy atom. The summed E-state index contributed by atoms with van der Waals surface area (Å²) in [5.41, 5.74) is 2.38. The number of thiophene rings is 1. The molecule has 134 valence electrons. The Bertz CT molecular complexity index is 706. The Balaban J connectivity index is 1.91. The molecule has 0 N–H and O–H groups in total. The van der Waals surface area contributed by atoms with Gasteiger partial charge >= 0.3 is 5.97 Å². The zero-order valence-corrected chi connectivity index (χ0v) is 16.3. The number of ketones is 1. The molecular formula is C19H23NO3S2. The van der Waals surface area contributed by atoms with Gasteiger partial charge in [-0.2, -0.15) is 11.8 Å². The molecule has 1 aromatic heterocycles. The van der Waals surface area contributed by atoms with Crippen LogP contribution in [0.3, 0.4) is 0 Å².